The zero-order valence-electron chi connectivity index (χ0n) is 11.1. The highest BCUT2D eigenvalue weighted by Crippen LogP contribution is 2.15. The second-order valence-corrected chi connectivity index (χ2v) is 4.76. The Hall–Kier alpha value is -2.09. The largest absolute Gasteiger partial charge is 0.360 e. The Morgan fingerprint density at radius 1 is 1.47 bits per heavy atom. The summed E-state index contributed by atoms with van der Waals surface area (Å²) >= 11 is 0. The van der Waals surface area contributed by atoms with Gasteiger partial charge < -0.3 is 10.2 Å². The van der Waals surface area contributed by atoms with Crippen molar-refractivity contribution in [2.45, 2.75) is 26.2 Å². The Morgan fingerprint density at radius 3 is 2.89 bits per heavy atom. The number of hydrogen-bond acceptors (Lipinski definition) is 4. The summed E-state index contributed by atoms with van der Waals surface area (Å²) in [6.07, 6.45) is 5.01. The quantitative estimate of drug-likeness (QED) is 0.895. The van der Waals surface area contributed by atoms with Crippen molar-refractivity contribution in [1.82, 2.24) is 9.88 Å². The third-order valence-electron chi connectivity index (χ3n) is 3.39. The fourth-order valence-corrected chi connectivity index (χ4v) is 2.25. The van der Waals surface area contributed by atoms with E-state index in [4.69, 9.17) is 5.26 Å². The number of amides is 1. The number of nitriles is 1. The zero-order chi connectivity index (χ0) is 13.7. The number of rotatable bonds is 3. The number of carbonyl (C=O) groups is 1. The molecule has 100 valence electrons. The molecular weight excluding hydrogens is 240 g/mol. The van der Waals surface area contributed by atoms with Crippen LogP contribution >= 0.6 is 0 Å². The van der Waals surface area contributed by atoms with Gasteiger partial charge >= 0.3 is 0 Å². The second-order valence-electron chi connectivity index (χ2n) is 4.76. The van der Waals surface area contributed by atoms with Gasteiger partial charge in [-0.05, 0) is 37.8 Å². The maximum Gasteiger partial charge on any atom is 0.241 e. The summed E-state index contributed by atoms with van der Waals surface area (Å²) in [6.45, 7) is 3.74. The van der Waals surface area contributed by atoms with E-state index in [9.17, 15) is 4.79 Å². The molecule has 1 saturated heterocycles. The van der Waals surface area contributed by atoms with Crippen LogP contribution in [0.15, 0.2) is 12.3 Å². The van der Waals surface area contributed by atoms with E-state index in [1.54, 1.807) is 12.3 Å². The first-order chi connectivity index (χ1) is 9.22. The molecule has 1 aromatic heterocycles. The Kier molecular flexibility index (Phi) is 4.35. The van der Waals surface area contributed by atoms with Crippen molar-refractivity contribution in [1.29, 1.82) is 5.26 Å². The number of likely N-dealkylation sites (tertiary alicyclic amines) is 1. The Bertz CT molecular complexity index is 501. The van der Waals surface area contributed by atoms with Crippen molar-refractivity contribution in [2.75, 3.05) is 25.0 Å². The van der Waals surface area contributed by atoms with Gasteiger partial charge in [0.15, 0.2) is 0 Å². The molecule has 19 heavy (non-hydrogen) atoms. The van der Waals surface area contributed by atoms with Gasteiger partial charge in [0, 0.05) is 19.3 Å². The predicted octanol–water partition coefficient (Wildman–Crippen LogP) is 1.69. The minimum Gasteiger partial charge on any atom is -0.360 e. The number of pyridine rings is 1. The van der Waals surface area contributed by atoms with Gasteiger partial charge in [-0.2, -0.15) is 5.26 Å². The van der Waals surface area contributed by atoms with Crippen LogP contribution in [-0.2, 0) is 4.79 Å². The number of aryl methyl sites for hydroxylation is 1. The number of anilines is 1. The summed E-state index contributed by atoms with van der Waals surface area (Å²) in [5.74, 6) is 0.569. The normalized spacial score (nSPS) is 14.8. The topological polar surface area (TPSA) is 69.0 Å². The van der Waals surface area contributed by atoms with Gasteiger partial charge in [0.05, 0.1) is 12.1 Å². The Labute approximate surface area is 113 Å². The number of carbonyl (C=O) groups excluding carboxylic acids is 1. The monoisotopic (exact) mass is 258 g/mol. The van der Waals surface area contributed by atoms with Crippen molar-refractivity contribution >= 4 is 11.7 Å². The molecule has 2 rings (SSSR count). The van der Waals surface area contributed by atoms with Crippen LogP contribution in [0, 0.1) is 18.3 Å². The number of nitrogens with one attached hydrogen (secondary N) is 1. The molecule has 0 aliphatic carbocycles. The summed E-state index contributed by atoms with van der Waals surface area (Å²) in [5.41, 5.74) is 1.37. The predicted molar refractivity (Wildman–Crippen MR) is 72.6 cm³/mol. The smallest absolute Gasteiger partial charge is 0.241 e. The lowest BCUT2D eigenvalue weighted by Crippen LogP contribution is -2.39. The van der Waals surface area contributed by atoms with Crippen molar-refractivity contribution in [3.63, 3.8) is 0 Å². The molecule has 1 fully saturated rings. The summed E-state index contributed by atoms with van der Waals surface area (Å²) in [6, 6.07) is 3.91. The maximum atomic E-state index is 12.0. The molecule has 1 amide bonds. The summed E-state index contributed by atoms with van der Waals surface area (Å²) < 4.78 is 0. The average molecular weight is 258 g/mol. The third-order valence-corrected chi connectivity index (χ3v) is 3.39. The van der Waals surface area contributed by atoms with Gasteiger partial charge in [0.2, 0.25) is 5.91 Å². The van der Waals surface area contributed by atoms with Crippen LogP contribution in [0.25, 0.3) is 0 Å². The van der Waals surface area contributed by atoms with E-state index in [2.05, 4.69) is 16.4 Å². The van der Waals surface area contributed by atoms with E-state index in [1.165, 1.54) is 6.42 Å². The van der Waals surface area contributed by atoms with Gasteiger partial charge in [-0.25, -0.2) is 4.98 Å². The van der Waals surface area contributed by atoms with E-state index < -0.39 is 0 Å². The van der Waals surface area contributed by atoms with Crippen LogP contribution < -0.4 is 5.32 Å². The minimum absolute atomic E-state index is 0.0758. The molecule has 1 aliphatic rings. The third kappa shape index (κ3) is 3.22. The lowest BCUT2D eigenvalue weighted by molar-refractivity contribution is -0.130. The molecule has 0 bridgehead atoms. The molecular formula is C14H18N4O. The van der Waals surface area contributed by atoms with Gasteiger partial charge in [-0.15, -0.1) is 0 Å². The second kappa shape index (κ2) is 6.19. The standard InChI is InChI=1S/C14H18N4O/c1-11-5-6-16-14(12(11)9-15)17-10-13(19)18-7-3-2-4-8-18/h5-6H,2-4,7-8,10H2,1H3,(H,16,17). The molecule has 5 heteroatoms. The number of aromatic nitrogens is 1. The van der Waals surface area contributed by atoms with E-state index in [1.807, 2.05) is 11.8 Å². The van der Waals surface area contributed by atoms with Crippen LogP contribution in [0.3, 0.4) is 0 Å². The SMILES string of the molecule is Cc1ccnc(NCC(=O)N2CCCCC2)c1C#N. The molecule has 1 aliphatic heterocycles. The van der Waals surface area contributed by atoms with Gasteiger partial charge in [0.1, 0.15) is 11.9 Å². The average Bonchev–Trinajstić information content (AvgIpc) is 2.45. The van der Waals surface area contributed by atoms with Gasteiger partial charge in [-0.3, -0.25) is 4.79 Å². The molecule has 0 aromatic carbocycles. The fourth-order valence-electron chi connectivity index (χ4n) is 2.25. The Balaban J connectivity index is 1.97. The first-order valence-electron chi connectivity index (χ1n) is 6.59. The minimum atomic E-state index is 0.0758. The summed E-state index contributed by atoms with van der Waals surface area (Å²) in [4.78, 5) is 18.0. The highest BCUT2D eigenvalue weighted by molar-refractivity contribution is 5.81. The van der Waals surface area contributed by atoms with Crippen molar-refractivity contribution in [3.8, 4) is 6.07 Å². The molecule has 0 unspecified atom stereocenters. The molecule has 1 aromatic rings. The molecule has 0 atom stereocenters. The van der Waals surface area contributed by atoms with Gasteiger partial charge in [-0.1, -0.05) is 0 Å². The molecule has 0 saturated carbocycles. The number of nitrogens with zero attached hydrogens (tertiary/aromatic N) is 3. The number of piperidine rings is 1. The molecule has 0 spiro atoms. The van der Waals surface area contributed by atoms with Crippen LogP contribution in [0.1, 0.15) is 30.4 Å². The highest BCUT2D eigenvalue weighted by Gasteiger charge is 2.16. The summed E-state index contributed by atoms with van der Waals surface area (Å²) in [7, 11) is 0. The van der Waals surface area contributed by atoms with Crippen molar-refractivity contribution in [2.24, 2.45) is 0 Å². The fraction of sp³-hybridized carbons (Fsp3) is 0.500. The van der Waals surface area contributed by atoms with Crippen LogP contribution in [-0.4, -0.2) is 35.4 Å². The van der Waals surface area contributed by atoms with E-state index >= 15 is 0 Å². The Morgan fingerprint density at radius 2 is 2.21 bits per heavy atom. The first-order valence-corrected chi connectivity index (χ1v) is 6.59. The lowest BCUT2D eigenvalue weighted by atomic mass is 10.1. The summed E-state index contributed by atoms with van der Waals surface area (Å²) in [5, 5.41) is 12.1. The number of hydrogen-bond donors (Lipinski definition) is 1. The molecule has 0 radical (unpaired) electrons. The van der Waals surface area contributed by atoms with E-state index in [-0.39, 0.29) is 12.5 Å². The van der Waals surface area contributed by atoms with Crippen LogP contribution in [0.2, 0.25) is 0 Å². The zero-order valence-corrected chi connectivity index (χ0v) is 11.1. The van der Waals surface area contributed by atoms with Crippen molar-refractivity contribution in [3.05, 3.63) is 23.4 Å². The van der Waals surface area contributed by atoms with E-state index in [0.717, 1.165) is 31.5 Å². The van der Waals surface area contributed by atoms with Gasteiger partial charge in [0.25, 0.3) is 0 Å². The molecule has 5 nitrogen and oxygen atoms in total. The lowest BCUT2D eigenvalue weighted by Gasteiger charge is -2.26. The van der Waals surface area contributed by atoms with Crippen LogP contribution in [0.5, 0.6) is 0 Å². The highest BCUT2D eigenvalue weighted by atomic mass is 16.2. The van der Waals surface area contributed by atoms with Crippen LogP contribution in [0.4, 0.5) is 5.82 Å². The van der Waals surface area contributed by atoms with E-state index in [0.29, 0.717) is 11.4 Å². The van der Waals surface area contributed by atoms with Crippen molar-refractivity contribution < 1.29 is 4.79 Å². The molecule has 1 N–H and O–H groups in total. The first kappa shape index (κ1) is 13.3. The maximum absolute atomic E-state index is 12.0. The molecule has 2 heterocycles.